The molecule has 0 saturated carbocycles. The number of alkyl carbamates (subject to hydrolysis) is 1. The molecule has 2 bridgehead atoms. The van der Waals surface area contributed by atoms with Crippen LogP contribution in [0.4, 0.5) is 4.79 Å². The fourth-order valence-corrected chi connectivity index (χ4v) is 9.39. The number of aryl methyl sites for hydroxylation is 1. The molecule has 2 amide bonds. The third-order valence-electron chi connectivity index (χ3n) is 11.6. The molecule has 6 atom stereocenters. The summed E-state index contributed by atoms with van der Waals surface area (Å²) in [5.74, 6) is 0.575. The molecule has 15 heteroatoms. The Labute approximate surface area is 335 Å². The number of hydrogen-bond acceptors (Lipinski definition) is 12. The number of aromatic hydroxyl groups is 1. The third-order valence-corrected chi connectivity index (χ3v) is 11.6. The maximum atomic E-state index is 14.5. The van der Waals surface area contributed by atoms with Crippen LogP contribution < -0.4 is 34.9 Å². The number of para-hydroxylation sites is 1. The van der Waals surface area contributed by atoms with Crippen molar-refractivity contribution in [2.75, 3.05) is 20.4 Å². The molecule has 4 aliphatic rings. The highest BCUT2D eigenvalue weighted by Gasteiger charge is 2.54. The number of rotatable bonds is 8. The van der Waals surface area contributed by atoms with Gasteiger partial charge in [0.15, 0.2) is 23.0 Å². The Morgan fingerprint density at radius 3 is 2.59 bits per heavy atom. The minimum absolute atomic E-state index is 0.0230. The number of methoxy groups -OCH3 is 1. The van der Waals surface area contributed by atoms with Crippen molar-refractivity contribution in [2.24, 2.45) is 0 Å². The molecule has 5 N–H and O–H groups in total. The highest BCUT2D eigenvalue weighted by Crippen LogP contribution is 2.56. The van der Waals surface area contributed by atoms with Crippen molar-refractivity contribution in [3.05, 3.63) is 75.5 Å². The van der Waals surface area contributed by atoms with Crippen LogP contribution in [0.3, 0.4) is 0 Å². The summed E-state index contributed by atoms with van der Waals surface area (Å²) in [6.45, 7) is 10.1. The van der Waals surface area contributed by atoms with Crippen LogP contribution in [0.15, 0.2) is 36.5 Å². The number of piperazine rings is 1. The number of aromatic nitrogens is 1. The van der Waals surface area contributed by atoms with Gasteiger partial charge in [-0.25, -0.2) is 4.79 Å². The Balaban J connectivity index is 1.23. The summed E-state index contributed by atoms with van der Waals surface area (Å²) in [5, 5.41) is 33.2. The number of esters is 1. The second-order valence-corrected chi connectivity index (χ2v) is 16.4. The minimum atomic E-state index is -1.05. The first-order chi connectivity index (χ1) is 27.7. The zero-order chi connectivity index (χ0) is 41.2. The number of phenols is 1. The first-order valence-electron chi connectivity index (χ1n) is 19.5. The number of aromatic amines is 1. The quantitative estimate of drug-likeness (QED) is 0.121. The largest absolute Gasteiger partial charge is 0.504 e. The van der Waals surface area contributed by atoms with E-state index in [9.17, 15) is 24.8 Å². The zero-order valence-corrected chi connectivity index (χ0v) is 33.6. The molecule has 1 saturated heterocycles. The Bertz CT molecular complexity index is 2380. The monoisotopic (exact) mass is 792 g/mol. The molecule has 0 aliphatic carbocycles. The highest BCUT2D eigenvalue weighted by molar-refractivity contribution is 5.88. The molecule has 304 valence electrons. The molecule has 8 rings (SSSR count). The number of hydrogen-bond donors (Lipinski definition) is 5. The molecule has 1 fully saturated rings. The number of phenolic OH excluding ortho intramolecular Hbond substituents is 1. The summed E-state index contributed by atoms with van der Waals surface area (Å²) >= 11 is 0. The van der Waals surface area contributed by atoms with Crippen LogP contribution >= 0.6 is 0 Å². The van der Waals surface area contributed by atoms with E-state index in [2.05, 4.69) is 31.9 Å². The van der Waals surface area contributed by atoms with Crippen molar-refractivity contribution < 1.29 is 43.2 Å². The van der Waals surface area contributed by atoms with E-state index < -0.39 is 53.8 Å². The lowest BCUT2D eigenvalue weighted by molar-refractivity contribution is -0.132. The lowest BCUT2D eigenvalue weighted by atomic mass is 9.72. The topological polar surface area (TPSA) is 196 Å². The van der Waals surface area contributed by atoms with E-state index >= 15 is 0 Å². The summed E-state index contributed by atoms with van der Waals surface area (Å²) < 4.78 is 29.3. The number of fused-ring (bicyclic) bond motifs is 10. The van der Waals surface area contributed by atoms with E-state index in [1.807, 2.05) is 43.5 Å². The first-order valence-corrected chi connectivity index (χ1v) is 19.5. The highest BCUT2D eigenvalue weighted by atomic mass is 16.7. The number of H-pyrrole nitrogens is 1. The van der Waals surface area contributed by atoms with Crippen molar-refractivity contribution in [2.45, 2.75) is 103 Å². The Morgan fingerprint density at radius 1 is 1.10 bits per heavy atom. The second-order valence-electron chi connectivity index (χ2n) is 16.4. The van der Waals surface area contributed by atoms with Gasteiger partial charge in [0.1, 0.15) is 23.4 Å². The Kier molecular flexibility index (Phi) is 9.89. The summed E-state index contributed by atoms with van der Waals surface area (Å²) in [7, 11) is 1.52. The van der Waals surface area contributed by atoms with Crippen LogP contribution in [-0.4, -0.2) is 83.2 Å². The van der Waals surface area contributed by atoms with Gasteiger partial charge in [-0.1, -0.05) is 24.3 Å². The smallest absolute Gasteiger partial charge is 0.408 e. The van der Waals surface area contributed by atoms with Gasteiger partial charge < -0.3 is 49.7 Å². The normalized spacial score (nSPS) is 22.1. The molecule has 0 radical (unpaired) electrons. The predicted molar refractivity (Wildman–Crippen MR) is 211 cm³/mol. The van der Waals surface area contributed by atoms with Gasteiger partial charge in [0, 0.05) is 71.3 Å². The van der Waals surface area contributed by atoms with E-state index in [-0.39, 0.29) is 31.5 Å². The van der Waals surface area contributed by atoms with Crippen molar-refractivity contribution >= 4 is 28.9 Å². The van der Waals surface area contributed by atoms with Crippen LogP contribution in [-0.2, 0) is 33.6 Å². The van der Waals surface area contributed by atoms with Gasteiger partial charge in [0.2, 0.25) is 12.7 Å². The number of benzene rings is 3. The van der Waals surface area contributed by atoms with Gasteiger partial charge in [-0.05, 0) is 70.2 Å². The minimum Gasteiger partial charge on any atom is -0.504 e. The van der Waals surface area contributed by atoms with Gasteiger partial charge >= 0.3 is 12.1 Å². The Morgan fingerprint density at radius 2 is 1.86 bits per heavy atom. The molecule has 4 aliphatic heterocycles. The van der Waals surface area contributed by atoms with Gasteiger partial charge in [-0.2, -0.15) is 5.26 Å². The third kappa shape index (κ3) is 6.69. The second kappa shape index (κ2) is 14.8. The molecule has 1 aromatic heterocycles. The van der Waals surface area contributed by atoms with Crippen LogP contribution in [0.5, 0.6) is 28.7 Å². The summed E-state index contributed by atoms with van der Waals surface area (Å²) in [5.41, 5.74) is 5.15. The maximum Gasteiger partial charge on any atom is 0.408 e. The lowest BCUT2D eigenvalue weighted by Crippen LogP contribution is -2.68. The molecule has 5 heterocycles. The number of carbonyl (C=O) groups excluding carboxylic acids is 3. The van der Waals surface area contributed by atoms with Crippen LogP contribution in [0.25, 0.3) is 10.9 Å². The number of carbonyl (C=O) groups is 3. The number of ether oxygens (including phenoxy) is 5. The molecule has 3 aromatic carbocycles. The summed E-state index contributed by atoms with van der Waals surface area (Å²) in [6.07, 6.45) is 1.97. The number of nitrogens with zero attached hydrogens (tertiary/aromatic N) is 2. The van der Waals surface area contributed by atoms with Gasteiger partial charge in [0.25, 0.3) is 0 Å². The summed E-state index contributed by atoms with van der Waals surface area (Å²) in [6, 6.07) is 8.48. The van der Waals surface area contributed by atoms with Crippen molar-refractivity contribution in [3.8, 4) is 34.8 Å². The molecule has 4 aromatic rings. The van der Waals surface area contributed by atoms with E-state index in [0.29, 0.717) is 58.1 Å². The maximum absolute atomic E-state index is 14.5. The van der Waals surface area contributed by atoms with E-state index in [1.165, 1.54) is 14.0 Å². The molecular formula is C43H48N6O9. The first kappa shape index (κ1) is 38.9. The average Bonchev–Trinajstić information content (AvgIpc) is 3.82. The number of nitrogens with one attached hydrogen (secondary N) is 4. The van der Waals surface area contributed by atoms with Crippen molar-refractivity contribution in [1.29, 1.82) is 5.26 Å². The van der Waals surface area contributed by atoms with Crippen LogP contribution in [0.2, 0.25) is 0 Å². The molecular weight excluding hydrogens is 745 g/mol. The predicted octanol–water partition coefficient (Wildman–Crippen LogP) is 4.83. The lowest BCUT2D eigenvalue weighted by Gasteiger charge is -2.56. The van der Waals surface area contributed by atoms with Gasteiger partial charge in [0.05, 0.1) is 25.3 Å². The SMILES string of the molecule is COc1c(C)cc2c(c1O)[C@@H]1N[C@@H](C2)[C@H](C#N)N2C1Cc1c(OC(C)=O)c(C)c3c(c1[C@@H]2CNC(=O)[C@H](Cc1c[nH]c2ccccc12)NC(=O)OC(C)(C)C)OCO3. The molecule has 1 unspecified atom stereocenters. The number of amides is 2. The molecule has 58 heavy (non-hydrogen) atoms. The zero-order valence-electron chi connectivity index (χ0n) is 33.6. The fraction of sp³-hybridized carbons (Fsp3) is 0.442. The fourth-order valence-electron chi connectivity index (χ4n) is 9.39. The van der Waals surface area contributed by atoms with Crippen molar-refractivity contribution in [1.82, 2.24) is 25.8 Å². The van der Waals surface area contributed by atoms with E-state index in [4.69, 9.17) is 23.7 Å². The van der Waals surface area contributed by atoms with E-state index in [1.54, 1.807) is 27.7 Å². The van der Waals surface area contributed by atoms with Gasteiger partial charge in [-0.15, -0.1) is 0 Å². The molecule has 0 spiro atoms. The Hall–Kier alpha value is -5.98. The summed E-state index contributed by atoms with van der Waals surface area (Å²) in [4.78, 5) is 45.7. The standard InChI is InChI=1S/C43H48N6O9/c1-20-12-23-13-28-31(16-44)49-30(35(47-28)33(23)36(51)37(20)54-7)15-26-34(40-39(55-19-56-40)21(2)38(26)57-22(3)50)32(49)18-46-41(52)29(48-42(53)58-43(4,5)6)14-24-17-45-27-11-9-8-10-25(24)27/h8-12,17,28-32,35,45,47,51H,13-15,18-19H2,1-7H3,(H,46,52)(H,48,53)/t28-,29-,30?,31-,32-,35+/m0/s1. The van der Waals surface area contributed by atoms with Crippen LogP contribution in [0.1, 0.15) is 78.7 Å². The van der Waals surface area contributed by atoms with Crippen molar-refractivity contribution in [3.63, 3.8) is 0 Å². The van der Waals surface area contributed by atoms with Crippen LogP contribution in [0, 0.1) is 25.2 Å². The van der Waals surface area contributed by atoms with Gasteiger partial charge in [-0.3, -0.25) is 14.5 Å². The molecule has 15 nitrogen and oxygen atoms in total. The van der Waals surface area contributed by atoms with E-state index in [0.717, 1.165) is 27.6 Å². The number of nitriles is 1. The average molecular weight is 793 g/mol.